The summed E-state index contributed by atoms with van der Waals surface area (Å²) in [5.74, 6) is -0.246. The van der Waals surface area contributed by atoms with Gasteiger partial charge < -0.3 is 29.2 Å². The van der Waals surface area contributed by atoms with Crippen LogP contribution in [0.5, 0.6) is 23.0 Å². The van der Waals surface area contributed by atoms with Crippen LogP contribution in [0.3, 0.4) is 0 Å². The number of hydrogen-bond acceptors (Lipinski definition) is 8. The largest absolute Gasteiger partial charge is 0.497 e. The first-order chi connectivity index (χ1) is 22.2. The van der Waals surface area contributed by atoms with E-state index in [9.17, 15) is 19.8 Å². The predicted molar refractivity (Wildman–Crippen MR) is 174 cm³/mol. The van der Waals surface area contributed by atoms with Gasteiger partial charge in [-0.3, -0.25) is 5.01 Å². The number of unbranched alkanes of at least 4 members (excludes halogenated alkanes) is 1. The van der Waals surface area contributed by atoms with Crippen LogP contribution >= 0.6 is 11.6 Å². The average Bonchev–Trinajstić information content (AvgIpc) is 3.67. The summed E-state index contributed by atoms with van der Waals surface area (Å²) in [7, 11) is 3.12. The number of carboxylic acids is 2. The quantitative estimate of drug-likeness (QED) is 0.186. The molecule has 3 aromatic carbocycles. The standard InChI is InChI=1S/C35H37ClN2O8/c1-4-5-12-38-33(27-10-9-26(43-2)18-31(27)46-20-22-7-6-8-28(36)32(22)35(41)42)25(19-37-38)15-24(34(39)40)14-23-17-30-21(11-13-45-30)16-29(23)44-3/h6-10,15-19,25,33H,4-5,11-14,20H2,1-3H3,(H,39,40)(H,41,42)/b24-15+. The number of carboxylic acid groups (broad SMARTS) is 2. The lowest BCUT2D eigenvalue weighted by molar-refractivity contribution is -0.132. The third-order valence-electron chi connectivity index (χ3n) is 8.19. The zero-order chi connectivity index (χ0) is 32.8. The summed E-state index contributed by atoms with van der Waals surface area (Å²) in [5, 5.41) is 26.9. The third kappa shape index (κ3) is 7.07. The van der Waals surface area contributed by atoms with Gasteiger partial charge in [-0.2, -0.15) is 5.10 Å². The van der Waals surface area contributed by atoms with Crippen LogP contribution in [0.1, 0.15) is 58.4 Å². The first kappa shape index (κ1) is 32.7. The van der Waals surface area contributed by atoms with E-state index in [-0.39, 0.29) is 29.2 Å². The molecule has 2 atom stereocenters. The first-order valence-electron chi connectivity index (χ1n) is 15.1. The number of ether oxygens (including phenoxy) is 4. The fraction of sp³-hybridized carbons (Fsp3) is 0.343. The van der Waals surface area contributed by atoms with Crippen LogP contribution in [0.15, 0.2) is 65.3 Å². The second-order valence-corrected chi connectivity index (χ2v) is 11.5. The number of fused-ring (bicyclic) bond motifs is 1. The van der Waals surface area contributed by atoms with E-state index in [1.54, 1.807) is 44.7 Å². The molecule has 2 N–H and O–H groups in total. The van der Waals surface area contributed by atoms with Crippen molar-refractivity contribution in [1.82, 2.24) is 5.01 Å². The number of benzene rings is 3. The molecule has 0 aromatic heterocycles. The Morgan fingerprint density at radius 1 is 1.09 bits per heavy atom. The normalized spacial score (nSPS) is 17.0. The second-order valence-electron chi connectivity index (χ2n) is 11.1. The molecule has 0 bridgehead atoms. The topological polar surface area (TPSA) is 127 Å². The van der Waals surface area contributed by atoms with Gasteiger partial charge in [0.25, 0.3) is 0 Å². The van der Waals surface area contributed by atoms with Crippen molar-refractivity contribution < 1.29 is 38.7 Å². The zero-order valence-electron chi connectivity index (χ0n) is 26.0. The number of halogens is 1. The van der Waals surface area contributed by atoms with Gasteiger partial charge in [0.15, 0.2) is 0 Å². The maximum atomic E-state index is 12.6. The van der Waals surface area contributed by atoms with E-state index in [0.717, 1.165) is 41.7 Å². The van der Waals surface area contributed by atoms with E-state index in [2.05, 4.69) is 6.92 Å². The molecule has 10 nitrogen and oxygen atoms in total. The number of hydrogen-bond donors (Lipinski definition) is 2. The molecule has 0 saturated carbocycles. The summed E-state index contributed by atoms with van der Waals surface area (Å²) < 4.78 is 23.1. The molecule has 2 unspecified atom stereocenters. The molecule has 0 amide bonds. The molecule has 2 aliphatic heterocycles. The Bertz CT molecular complexity index is 1670. The van der Waals surface area contributed by atoms with Crippen LogP contribution < -0.4 is 18.9 Å². The van der Waals surface area contributed by atoms with Gasteiger partial charge in [-0.05, 0) is 36.8 Å². The van der Waals surface area contributed by atoms with E-state index in [1.165, 1.54) is 6.07 Å². The van der Waals surface area contributed by atoms with Crippen molar-refractivity contribution >= 4 is 29.8 Å². The van der Waals surface area contributed by atoms with Gasteiger partial charge in [-0.15, -0.1) is 0 Å². The lowest BCUT2D eigenvalue weighted by Gasteiger charge is -2.29. The Morgan fingerprint density at radius 2 is 1.91 bits per heavy atom. The van der Waals surface area contributed by atoms with Crippen molar-refractivity contribution in [1.29, 1.82) is 0 Å². The number of nitrogens with zero attached hydrogens (tertiary/aromatic N) is 2. The number of rotatable bonds is 14. The van der Waals surface area contributed by atoms with Crippen molar-refractivity contribution in [2.75, 3.05) is 27.4 Å². The smallest absolute Gasteiger partial charge is 0.337 e. The molecule has 0 fully saturated rings. The van der Waals surface area contributed by atoms with Gasteiger partial charge >= 0.3 is 11.9 Å². The van der Waals surface area contributed by atoms with E-state index >= 15 is 0 Å². The first-order valence-corrected chi connectivity index (χ1v) is 15.5. The lowest BCUT2D eigenvalue weighted by Crippen LogP contribution is -2.26. The minimum absolute atomic E-state index is 0.0262. The molecule has 242 valence electrons. The van der Waals surface area contributed by atoms with E-state index in [4.69, 9.17) is 35.6 Å². The predicted octanol–water partition coefficient (Wildman–Crippen LogP) is 6.58. The number of hydrazone groups is 1. The zero-order valence-corrected chi connectivity index (χ0v) is 26.8. The fourth-order valence-corrected chi connectivity index (χ4v) is 6.12. The molecule has 0 radical (unpaired) electrons. The van der Waals surface area contributed by atoms with Crippen LogP contribution in [0.2, 0.25) is 5.02 Å². The maximum absolute atomic E-state index is 12.6. The SMILES string of the molecule is CCCCN1N=CC(/C=C(\Cc2cc3c(cc2OC)CCO3)C(=O)O)C1c1ccc(OC)cc1OCc1cccc(Cl)c1C(=O)O. The van der Waals surface area contributed by atoms with Gasteiger partial charge in [0.05, 0.1) is 37.5 Å². The Labute approximate surface area is 272 Å². The van der Waals surface area contributed by atoms with Crippen LogP contribution in [0.25, 0.3) is 0 Å². The Balaban J connectivity index is 1.52. The second kappa shape index (κ2) is 14.6. The molecule has 2 heterocycles. The highest BCUT2D eigenvalue weighted by Crippen LogP contribution is 2.42. The molecule has 5 rings (SSSR count). The van der Waals surface area contributed by atoms with Gasteiger partial charge in [0.1, 0.15) is 29.6 Å². The highest BCUT2D eigenvalue weighted by molar-refractivity contribution is 6.33. The highest BCUT2D eigenvalue weighted by atomic mass is 35.5. The summed E-state index contributed by atoms with van der Waals surface area (Å²) in [4.78, 5) is 24.6. The molecular formula is C35H37ClN2O8. The van der Waals surface area contributed by atoms with Crippen molar-refractivity contribution in [3.63, 3.8) is 0 Å². The Morgan fingerprint density at radius 3 is 2.63 bits per heavy atom. The molecule has 2 aliphatic rings. The Kier molecular flexibility index (Phi) is 10.4. The Hall–Kier alpha value is -4.70. The average molecular weight is 649 g/mol. The molecule has 11 heteroatoms. The monoisotopic (exact) mass is 648 g/mol. The summed E-state index contributed by atoms with van der Waals surface area (Å²) in [6.07, 6.45) is 6.23. The summed E-state index contributed by atoms with van der Waals surface area (Å²) >= 11 is 6.21. The lowest BCUT2D eigenvalue weighted by atomic mass is 9.90. The molecular weight excluding hydrogens is 612 g/mol. The van der Waals surface area contributed by atoms with E-state index in [0.29, 0.717) is 36.0 Å². The number of methoxy groups -OCH3 is 2. The van der Waals surface area contributed by atoms with E-state index in [1.807, 2.05) is 29.3 Å². The fourth-order valence-electron chi connectivity index (χ4n) is 5.85. The van der Waals surface area contributed by atoms with Crippen molar-refractivity contribution in [3.8, 4) is 23.0 Å². The molecule has 0 saturated heterocycles. The summed E-state index contributed by atoms with van der Waals surface area (Å²) in [6.45, 7) is 3.25. The minimum Gasteiger partial charge on any atom is -0.497 e. The highest BCUT2D eigenvalue weighted by Gasteiger charge is 2.34. The molecule has 0 spiro atoms. The van der Waals surface area contributed by atoms with Gasteiger partial charge in [-0.1, -0.05) is 43.2 Å². The molecule has 3 aromatic rings. The number of carbonyl (C=O) groups is 2. The van der Waals surface area contributed by atoms with Crippen molar-refractivity contribution in [2.45, 2.75) is 45.3 Å². The molecule has 0 aliphatic carbocycles. The summed E-state index contributed by atoms with van der Waals surface area (Å²) in [5.41, 5.74) is 3.09. The van der Waals surface area contributed by atoms with Gasteiger partial charge in [0.2, 0.25) is 0 Å². The van der Waals surface area contributed by atoms with Gasteiger partial charge in [0, 0.05) is 65.4 Å². The molecule has 46 heavy (non-hydrogen) atoms. The van der Waals surface area contributed by atoms with E-state index < -0.39 is 23.9 Å². The van der Waals surface area contributed by atoms with Crippen molar-refractivity contribution in [3.05, 3.63) is 93.0 Å². The van der Waals surface area contributed by atoms with Gasteiger partial charge in [-0.25, -0.2) is 9.59 Å². The van der Waals surface area contributed by atoms with Crippen molar-refractivity contribution in [2.24, 2.45) is 11.0 Å². The number of aromatic carboxylic acids is 1. The van der Waals surface area contributed by atoms with Crippen LogP contribution in [-0.4, -0.2) is 60.7 Å². The van der Waals surface area contributed by atoms with Crippen LogP contribution in [0, 0.1) is 5.92 Å². The van der Waals surface area contributed by atoms with Crippen LogP contribution in [-0.2, 0) is 24.2 Å². The number of aliphatic carboxylic acids is 1. The van der Waals surface area contributed by atoms with Crippen LogP contribution in [0.4, 0.5) is 0 Å². The summed E-state index contributed by atoms with van der Waals surface area (Å²) in [6, 6.07) is 13.7. The third-order valence-corrected chi connectivity index (χ3v) is 8.51. The maximum Gasteiger partial charge on any atom is 0.337 e. The minimum atomic E-state index is -1.15.